The van der Waals surface area contributed by atoms with Crippen molar-refractivity contribution in [3.05, 3.63) is 0 Å². The smallest absolute Gasteiger partial charge is 0.407 e. The largest absolute Gasteiger partial charge is 0.467 e. The van der Waals surface area contributed by atoms with Gasteiger partial charge in [-0.3, -0.25) is 9.69 Å². The van der Waals surface area contributed by atoms with E-state index in [0.717, 1.165) is 12.0 Å². The van der Waals surface area contributed by atoms with E-state index in [2.05, 4.69) is 10.1 Å². The van der Waals surface area contributed by atoms with Gasteiger partial charge in [0.1, 0.15) is 6.04 Å². The summed E-state index contributed by atoms with van der Waals surface area (Å²) in [7, 11) is 1.14. The average molecular weight is 260 g/mol. The first kappa shape index (κ1) is 14.2. The van der Waals surface area contributed by atoms with Gasteiger partial charge < -0.3 is 20.3 Å². The van der Waals surface area contributed by atoms with Crippen molar-refractivity contribution in [2.45, 2.75) is 24.9 Å². The number of methoxy groups -OCH3 is 1. The normalized spacial score (nSPS) is 20.3. The number of carbonyl (C=O) groups excluding carboxylic acids is 2. The summed E-state index contributed by atoms with van der Waals surface area (Å²) in [6, 6.07) is -1.99. The van der Waals surface area contributed by atoms with Crippen LogP contribution in [0.15, 0.2) is 0 Å². The molecule has 0 aromatic carbocycles. The van der Waals surface area contributed by atoms with E-state index in [1.807, 2.05) is 0 Å². The average Bonchev–Trinajstić information content (AvgIpc) is 2.84. The van der Waals surface area contributed by atoms with Crippen LogP contribution in [0, 0.1) is 0 Å². The molecule has 2 atom stereocenters. The molecule has 0 bridgehead atoms. The monoisotopic (exact) mass is 260 g/mol. The summed E-state index contributed by atoms with van der Waals surface area (Å²) in [5.74, 6) is -1.37. The van der Waals surface area contributed by atoms with E-state index in [0.29, 0.717) is 12.8 Å². The van der Waals surface area contributed by atoms with Crippen LogP contribution in [-0.4, -0.2) is 65.4 Å². The SMILES string of the molecule is COC(=O)C(CO)NC(=O)C1CCCN1C(=O)O. The maximum absolute atomic E-state index is 11.8. The molecule has 8 heteroatoms. The second kappa shape index (κ2) is 6.20. The summed E-state index contributed by atoms with van der Waals surface area (Å²) < 4.78 is 4.40. The van der Waals surface area contributed by atoms with Gasteiger partial charge in [0.2, 0.25) is 5.91 Å². The molecule has 0 radical (unpaired) electrons. The third-order valence-corrected chi connectivity index (χ3v) is 2.79. The van der Waals surface area contributed by atoms with Crippen LogP contribution in [0.5, 0.6) is 0 Å². The highest BCUT2D eigenvalue weighted by molar-refractivity contribution is 5.89. The van der Waals surface area contributed by atoms with Crippen LogP contribution in [0.1, 0.15) is 12.8 Å². The van der Waals surface area contributed by atoms with Crippen molar-refractivity contribution >= 4 is 18.0 Å². The van der Waals surface area contributed by atoms with E-state index in [1.54, 1.807) is 0 Å². The molecule has 102 valence electrons. The van der Waals surface area contributed by atoms with E-state index in [9.17, 15) is 14.4 Å². The minimum Gasteiger partial charge on any atom is -0.467 e. The van der Waals surface area contributed by atoms with Crippen molar-refractivity contribution in [3.8, 4) is 0 Å². The molecule has 1 heterocycles. The Balaban J connectivity index is 2.64. The molecule has 0 spiro atoms. The van der Waals surface area contributed by atoms with E-state index in [4.69, 9.17) is 10.2 Å². The molecule has 18 heavy (non-hydrogen) atoms. The first-order valence-electron chi connectivity index (χ1n) is 5.50. The van der Waals surface area contributed by atoms with Crippen molar-refractivity contribution < 1.29 is 29.3 Å². The van der Waals surface area contributed by atoms with Crippen molar-refractivity contribution in [3.63, 3.8) is 0 Å². The van der Waals surface area contributed by atoms with Crippen LogP contribution in [0.2, 0.25) is 0 Å². The summed E-state index contributed by atoms with van der Waals surface area (Å²) in [5.41, 5.74) is 0. The number of rotatable bonds is 4. The molecule has 1 aliphatic heterocycles. The summed E-state index contributed by atoms with van der Waals surface area (Å²) in [6.45, 7) is -0.312. The molecule has 3 N–H and O–H groups in total. The third kappa shape index (κ3) is 3.10. The van der Waals surface area contributed by atoms with Gasteiger partial charge in [-0.2, -0.15) is 0 Å². The lowest BCUT2D eigenvalue weighted by molar-refractivity contribution is -0.146. The van der Waals surface area contributed by atoms with Gasteiger partial charge in [-0.25, -0.2) is 9.59 Å². The molecule has 1 rings (SSSR count). The highest BCUT2D eigenvalue weighted by Crippen LogP contribution is 2.17. The van der Waals surface area contributed by atoms with Gasteiger partial charge in [-0.1, -0.05) is 0 Å². The highest BCUT2D eigenvalue weighted by atomic mass is 16.5. The zero-order valence-electron chi connectivity index (χ0n) is 9.96. The van der Waals surface area contributed by atoms with Gasteiger partial charge in [0.05, 0.1) is 13.7 Å². The van der Waals surface area contributed by atoms with Crippen LogP contribution in [0.3, 0.4) is 0 Å². The van der Waals surface area contributed by atoms with Crippen LogP contribution in [0.25, 0.3) is 0 Å². The molecule has 0 aromatic rings. The summed E-state index contributed by atoms with van der Waals surface area (Å²) >= 11 is 0. The number of hydrogen-bond donors (Lipinski definition) is 3. The number of ether oxygens (including phenoxy) is 1. The Kier molecular flexibility index (Phi) is 4.90. The van der Waals surface area contributed by atoms with E-state index in [-0.39, 0.29) is 6.54 Å². The third-order valence-electron chi connectivity index (χ3n) is 2.79. The van der Waals surface area contributed by atoms with Gasteiger partial charge in [0.15, 0.2) is 6.04 Å². The number of hydrogen-bond acceptors (Lipinski definition) is 5. The number of nitrogens with one attached hydrogen (secondary N) is 1. The summed E-state index contributed by atoms with van der Waals surface area (Å²) in [4.78, 5) is 34.9. The number of carbonyl (C=O) groups is 3. The first-order valence-corrected chi connectivity index (χ1v) is 5.50. The Hall–Kier alpha value is -1.83. The Morgan fingerprint density at radius 1 is 1.50 bits per heavy atom. The Bertz CT molecular complexity index is 345. The molecule has 0 aliphatic carbocycles. The second-order valence-corrected chi connectivity index (χ2v) is 3.90. The topological polar surface area (TPSA) is 116 Å². The molecular weight excluding hydrogens is 244 g/mol. The number of aliphatic hydroxyl groups excluding tert-OH is 1. The zero-order valence-corrected chi connectivity index (χ0v) is 9.96. The Labute approximate surface area is 104 Å². The Morgan fingerprint density at radius 3 is 2.67 bits per heavy atom. The highest BCUT2D eigenvalue weighted by Gasteiger charge is 2.35. The number of nitrogens with zero attached hydrogens (tertiary/aromatic N) is 1. The number of carboxylic acid groups (broad SMARTS) is 1. The first-order chi connectivity index (χ1) is 8.51. The molecule has 8 nitrogen and oxygen atoms in total. The number of aliphatic hydroxyl groups is 1. The van der Waals surface area contributed by atoms with Crippen molar-refractivity contribution in [2.75, 3.05) is 20.3 Å². The predicted octanol–water partition coefficient (Wildman–Crippen LogP) is -1.22. The second-order valence-electron chi connectivity index (χ2n) is 3.90. The predicted molar refractivity (Wildman–Crippen MR) is 58.8 cm³/mol. The molecule has 1 saturated heterocycles. The summed E-state index contributed by atoms with van der Waals surface area (Å²) in [6.07, 6.45) is -0.185. The van der Waals surface area contributed by atoms with E-state index < -0.39 is 36.7 Å². The lowest BCUT2D eigenvalue weighted by atomic mass is 10.2. The quantitative estimate of drug-likeness (QED) is 0.545. The van der Waals surface area contributed by atoms with Gasteiger partial charge in [-0.15, -0.1) is 0 Å². The van der Waals surface area contributed by atoms with Crippen LogP contribution in [0.4, 0.5) is 4.79 Å². The van der Waals surface area contributed by atoms with Crippen molar-refractivity contribution in [1.29, 1.82) is 0 Å². The van der Waals surface area contributed by atoms with Crippen LogP contribution < -0.4 is 5.32 Å². The fourth-order valence-electron chi connectivity index (χ4n) is 1.86. The molecule has 0 saturated carbocycles. The Morgan fingerprint density at radius 2 is 2.17 bits per heavy atom. The van der Waals surface area contributed by atoms with E-state index >= 15 is 0 Å². The maximum atomic E-state index is 11.8. The number of likely N-dealkylation sites (tertiary alicyclic amines) is 1. The summed E-state index contributed by atoms with van der Waals surface area (Å²) in [5, 5.41) is 20.1. The van der Waals surface area contributed by atoms with E-state index in [1.165, 1.54) is 0 Å². The molecule has 2 unspecified atom stereocenters. The van der Waals surface area contributed by atoms with Crippen LogP contribution >= 0.6 is 0 Å². The minimum absolute atomic E-state index is 0.287. The molecule has 1 aliphatic rings. The zero-order chi connectivity index (χ0) is 13.7. The fraction of sp³-hybridized carbons (Fsp3) is 0.700. The molecule has 2 amide bonds. The molecule has 1 fully saturated rings. The molecule has 0 aromatic heterocycles. The number of esters is 1. The van der Waals surface area contributed by atoms with Gasteiger partial charge in [-0.05, 0) is 12.8 Å². The van der Waals surface area contributed by atoms with Crippen molar-refractivity contribution in [1.82, 2.24) is 10.2 Å². The van der Waals surface area contributed by atoms with Gasteiger partial charge in [0.25, 0.3) is 0 Å². The van der Waals surface area contributed by atoms with Crippen LogP contribution in [-0.2, 0) is 14.3 Å². The van der Waals surface area contributed by atoms with Gasteiger partial charge in [0, 0.05) is 6.54 Å². The minimum atomic E-state index is -1.17. The number of amides is 2. The lowest BCUT2D eigenvalue weighted by Gasteiger charge is -2.22. The maximum Gasteiger partial charge on any atom is 0.407 e. The molecular formula is C10H16N2O6. The van der Waals surface area contributed by atoms with Crippen molar-refractivity contribution in [2.24, 2.45) is 0 Å². The fourth-order valence-corrected chi connectivity index (χ4v) is 1.86. The van der Waals surface area contributed by atoms with Gasteiger partial charge >= 0.3 is 12.1 Å². The standard InChI is InChI=1S/C10H16N2O6/c1-18-9(15)6(5-13)11-8(14)7-3-2-4-12(7)10(16)17/h6-7,13H,2-5H2,1H3,(H,11,14)(H,16,17). The lowest BCUT2D eigenvalue weighted by Crippen LogP contribution is -2.52.